The van der Waals surface area contributed by atoms with Crippen molar-refractivity contribution in [3.63, 3.8) is 0 Å². The number of carbonyl (C=O) groups is 1. The van der Waals surface area contributed by atoms with Gasteiger partial charge in [-0.05, 0) is 68.0 Å². The summed E-state index contributed by atoms with van der Waals surface area (Å²) < 4.78 is 6.45. The molecule has 1 heterocycles. The number of phenolic OH excluding ortho intramolecular Hbond substituents is 1. The van der Waals surface area contributed by atoms with Gasteiger partial charge in [0.05, 0.1) is 5.60 Å². The highest BCUT2D eigenvalue weighted by Gasteiger charge is 2.59. The molecule has 1 saturated carbocycles. The van der Waals surface area contributed by atoms with Gasteiger partial charge in [-0.1, -0.05) is 50.3 Å². The van der Waals surface area contributed by atoms with Crippen LogP contribution in [0.4, 0.5) is 0 Å². The first-order valence-electron chi connectivity index (χ1n) is 12.9. The van der Waals surface area contributed by atoms with Crippen LogP contribution in [0.3, 0.4) is 0 Å². The van der Waals surface area contributed by atoms with Crippen molar-refractivity contribution in [2.75, 3.05) is 33.3 Å². The van der Waals surface area contributed by atoms with Gasteiger partial charge in [0, 0.05) is 43.8 Å². The van der Waals surface area contributed by atoms with Gasteiger partial charge in [0.15, 0.2) is 0 Å². The molecule has 2 aliphatic rings. The maximum Gasteiger partial charge on any atom is 0.254 e. The molecular formula is C30H40N2O3. The van der Waals surface area contributed by atoms with Crippen molar-refractivity contribution in [2.24, 2.45) is 5.92 Å². The molecule has 0 radical (unpaired) electrons. The van der Waals surface area contributed by atoms with E-state index in [1.165, 1.54) is 0 Å². The molecule has 5 heteroatoms. The van der Waals surface area contributed by atoms with Gasteiger partial charge < -0.3 is 14.7 Å². The number of methoxy groups -OCH3 is 1. The number of nitrogens with zero attached hydrogens (tertiary/aromatic N) is 2. The van der Waals surface area contributed by atoms with Crippen LogP contribution in [0.5, 0.6) is 5.75 Å². The largest absolute Gasteiger partial charge is 0.508 e. The number of carbonyl (C=O) groups excluding carboxylic acids is 1. The Bertz CT molecular complexity index is 1020. The van der Waals surface area contributed by atoms with Crippen molar-refractivity contribution >= 4 is 5.91 Å². The normalized spacial score (nSPS) is 26.8. The van der Waals surface area contributed by atoms with Crippen molar-refractivity contribution in [3.8, 4) is 5.75 Å². The predicted molar refractivity (Wildman–Crippen MR) is 141 cm³/mol. The second-order valence-corrected chi connectivity index (χ2v) is 10.7. The number of fused-ring (bicyclic) bond motifs is 1. The number of ether oxygens (including phenoxy) is 1. The number of likely N-dealkylation sites (tertiary alicyclic amines) is 1. The minimum atomic E-state index is -0.391. The van der Waals surface area contributed by atoms with Crippen LogP contribution in [0.25, 0.3) is 0 Å². The van der Waals surface area contributed by atoms with Crippen molar-refractivity contribution in [3.05, 3.63) is 78.4 Å². The molecule has 1 aliphatic heterocycles. The molecule has 4 rings (SSSR count). The number of aromatic hydroxyl groups is 1. The second kappa shape index (κ2) is 10.5. The fraction of sp³-hybridized carbons (Fsp3) is 0.500. The zero-order valence-corrected chi connectivity index (χ0v) is 21.5. The molecule has 35 heavy (non-hydrogen) atoms. The number of phenols is 1. The number of benzene rings is 2. The first-order chi connectivity index (χ1) is 16.8. The Kier molecular flexibility index (Phi) is 7.67. The Hall–Kier alpha value is -2.63. The molecule has 3 atom stereocenters. The summed E-state index contributed by atoms with van der Waals surface area (Å²) in [4.78, 5) is 18.3. The summed E-state index contributed by atoms with van der Waals surface area (Å²) in [6.07, 6.45) is 5.43. The molecule has 2 fully saturated rings. The molecule has 2 unspecified atom stereocenters. The summed E-state index contributed by atoms with van der Waals surface area (Å²) in [7, 11) is 1.83. The van der Waals surface area contributed by atoms with E-state index in [1.54, 1.807) is 6.07 Å². The molecule has 1 aliphatic carbocycles. The average molecular weight is 477 g/mol. The maximum atomic E-state index is 13.8. The van der Waals surface area contributed by atoms with Gasteiger partial charge in [0.1, 0.15) is 5.75 Å². The molecule has 1 N–H and O–H groups in total. The minimum absolute atomic E-state index is 0.0988. The zero-order valence-electron chi connectivity index (χ0n) is 21.5. The molecule has 1 saturated heterocycles. The molecule has 2 aromatic rings. The molecule has 0 spiro atoms. The predicted octanol–water partition coefficient (Wildman–Crippen LogP) is 5.26. The lowest BCUT2D eigenvalue weighted by molar-refractivity contribution is -0.153. The van der Waals surface area contributed by atoms with Crippen LogP contribution in [-0.2, 0) is 10.2 Å². The second-order valence-electron chi connectivity index (χ2n) is 10.7. The van der Waals surface area contributed by atoms with Crippen LogP contribution in [-0.4, -0.2) is 65.7 Å². The third-order valence-electron chi connectivity index (χ3n) is 8.13. The monoisotopic (exact) mass is 476 g/mol. The molecule has 2 aromatic carbocycles. The van der Waals surface area contributed by atoms with Crippen LogP contribution < -0.4 is 0 Å². The van der Waals surface area contributed by atoms with Crippen molar-refractivity contribution < 1.29 is 14.6 Å². The summed E-state index contributed by atoms with van der Waals surface area (Å²) >= 11 is 0. The number of hydrogen-bond acceptors (Lipinski definition) is 4. The summed E-state index contributed by atoms with van der Waals surface area (Å²) in [5.41, 5.74) is 1.16. The Balaban J connectivity index is 1.76. The van der Waals surface area contributed by atoms with E-state index in [4.69, 9.17) is 4.74 Å². The zero-order chi connectivity index (χ0) is 25.1. The molecule has 0 aromatic heterocycles. The van der Waals surface area contributed by atoms with Crippen molar-refractivity contribution in [1.29, 1.82) is 0 Å². The van der Waals surface area contributed by atoms with Gasteiger partial charge in [-0.2, -0.15) is 0 Å². The van der Waals surface area contributed by atoms with Crippen LogP contribution in [0.1, 0.15) is 55.5 Å². The highest BCUT2D eigenvalue weighted by molar-refractivity contribution is 5.94. The van der Waals surface area contributed by atoms with Crippen molar-refractivity contribution in [1.82, 2.24) is 9.80 Å². The fourth-order valence-corrected chi connectivity index (χ4v) is 6.51. The topological polar surface area (TPSA) is 53.0 Å². The van der Waals surface area contributed by atoms with E-state index in [0.717, 1.165) is 63.0 Å². The highest BCUT2D eigenvalue weighted by atomic mass is 16.5. The summed E-state index contributed by atoms with van der Waals surface area (Å²) in [6.45, 7) is 11.6. The van der Waals surface area contributed by atoms with E-state index in [0.29, 0.717) is 5.92 Å². The Morgan fingerprint density at radius 1 is 1.23 bits per heavy atom. The van der Waals surface area contributed by atoms with E-state index in [9.17, 15) is 9.90 Å². The Labute approximate surface area is 210 Å². The van der Waals surface area contributed by atoms with E-state index in [1.807, 2.05) is 55.7 Å². The quantitative estimate of drug-likeness (QED) is 0.528. The fourth-order valence-electron chi connectivity index (χ4n) is 6.51. The van der Waals surface area contributed by atoms with Gasteiger partial charge in [-0.25, -0.2) is 0 Å². The highest BCUT2D eigenvalue weighted by Crippen LogP contribution is 2.54. The Morgan fingerprint density at radius 2 is 2.00 bits per heavy atom. The van der Waals surface area contributed by atoms with Gasteiger partial charge in [0.25, 0.3) is 5.91 Å². The molecular weight excluding hydrogens is 436 g/mol. The number of hydrogen-bond donors (Lipinski definition) is 1. The minimum Gasteiger partial charge on any atom is -0.508 e. The lowest BCUT2D eigenvalue weighted by Crippen LogP contribution is -2.68. The molecule has 5 nitrogen and oxygen atoms in total. The summed E-state index contributed by atoms with van der Waals surface area (Å²) in [6, 6.07) is 17.4. The van der Waals surface area contributed by atoms with Crippen LogP contribution in [0.2, 0.25) is 0 Å². The van der Waals surface area contributed by atoms with E-state index >= 15 is 0 Å². The Morgan fingerprint density at radius 3 is 2.66 bits per heavy atom. The van der Waals surface area contributed by atoms with Crippen LogP contribution in [0, 0.1) is 5.92 Å². The molecule has 1 amide bonds. The lowest BCUT2D eigenvalue weighted by atomic mass is 9.55. The van der Waals surface area contributed by atoms with Crippen LogP contribution in [0.15, 0.2) is 67.3 Å². The van der Waals surface area contributed by atoms with Gasteiger partial charge in [-0.15, -0.1) is 6.58 Å². The SMILES string of the molecule is C=CCN1CCC2(c3cccc(O)c3)C[C@H](N(CC(C)C)C(=O)c3ccccc3)CCC2(OC)C1. The third-order valence-corrected chi connectivity index (χ3v) is 8.13. The number of amides is 1. The molecule has 188 valence electrons. The first-order valence-corrected chi connectivity index (χ1v) is 12.9. The van der Waals surface area contributed by atoms with Gasteiger partial charge in [-0.3, -0.25) is 9.69 Å². The lowest BCUT2D eigenvalue weighted by Gasteiger charge is -2.60. The first kappa shape index (κ1) is 25.5. The average Bonchev–Trinajstić information content (AvgIpc) is 2.87. The van der Waals surface area contributed by atoms with Crippen molar-refractivity contribution in [2.45, 2.75) is 56.6 Å². The van der Waals surface area contributed by atoms with Gasteiger partial charge in [0.2, 0.25) is 0 Å². The van der Waals surface area contributed by atoms with Gasteiger partial charge >= 0.3 is 0 Å². The maximum absolute atomic E-state index is 13.8. The standard InChI is InChI=1S/C30H40N2O3/c1-5-17-31-18-16-29(25-12-9-13-27(33)19-25)20-26(14-15-30(29,22-31)35-4)32(21-23(2)3)28(34)24-10-7-6-8-11-24/h5-13,19,23,26,33H,1,14-18,20-22H2,2-4H3/t26-,29?,30?/m1/s1. The number of rotatable bonds is 8. The molecule has 0 bridgehead atoms. The van der Waals surface area contributed by atoms with E-state index < -0.39 is 5.60 Å². The van der Waals surface area contributed by atoms with E-state index in [2.05, 4.69) is 36.3 Å². The van der Waals surface area contributed by atoms with Crippen LogP contribution >= 0.6 is 0 Å². The van der Waals surface area contributed by atoms with E-state index in [-0.39, 0.29) is 23.1 Å². The summed E-state index contributed by atoms with van der Waals surface area (Å²) in [5, 5.41) is 10.4. The smallest absolute Gasteiger partial charge is 0.254 e. The third kappa shape index (κ3) is 4.89. The number of piperidine rings is 1. The summed E-state index contributed by atoms with van der Waals surface area (Å²) in [5.74, 6) is 0.740.